The first-order valence-corrected chi connectivity index (χ1v) is 10.9. The number of carbonyl (C=O) groups is 1. The summed E-state index contributed by atoms with van der Waals surface area (Å²) >= 11 is 0. The summed E-state index contributed by atoms with van der Waals surface area (Å²) in [6, 6.07) is 17.3. The van der Waals surface area contributed by atoms with Gasteiger partial charge in [0.25, 0.3) is 0 Å². The quantitative estimate of drug-likeness (QED) is 0.566. The first kappa shape index (κ1) is 20.8. The zero-order valence-corrected chi connectivity index (χ0v) is 18.2. The Morgan fingerprint density at radius 2 is 1.55 bits per heavy atom. The van der Waals surface area contributed by atoms with Crippen LogP contribution in [0.4, 0.5) is 22.0 Å². The summed E-state index contributed by atoms with van der Waals surface area (Å²) in [5.41, 5.74) is 5.52. The summed E-state index contributed by atoms with van der Waals surface area (Å²) in [4.78, 5) is 14.7. The number of aromatic nitrogens is 2. The largest absolute Gasteiger partial charge is 0.355 e. The SMILES string of the molecule is Cc1ccc(NC(=O)Nc2cccc(-c3ccc(N4CCCCCC4)nn3)c2)cc1C. The molecule has 1 aromatic heterocycles. The molecule has 0 bridgehead atoms. The Kier molecular flexibility index (Phi) is 6.46. The molecular weight excluding hydrogens is 386 g/mol. The van der Waals surface area contributed by atoms with Crippen LogP contribution in [0.5, 0.6) is 0 Å². The van der Waals surface area contributed by atoms with Crippen molar-refractivity contribution in [1.29, 1.82) is 0 Å². The smallest absolute Gasteiger partial charge is 0.323 e. The van der Waals surface area contributed by atoms with Crippen LogP contribution in [0, 0.1) is 13.8 Å². The Morgan fingerprint density at radius 3 is 2.23 bits per heavy atom. The molecule has 0 saturated carbocycles. The Balaban J connectivity index is 1.42. The Labute approximate surface area is 183 Å². The van der Waals surface area contributed by atoms with Crippen LogP contribution < -0.4 is 15.5 Å². The third-order valence-electron chi connectivity index (χ3n) is 5.76. The average molecular weight is 416 g/mol. The Morgan fingerprint density at radius 1 is 0.806 bits per heavy atom. The lowest BCUT2D eigenvalue weighted by Gasteiger charge is -2.20. The summed E-state index contributed by atoms with van der Waals surface area (Å²) in [6.07, 6.45) is 5.00. The van der Waals surface area contributed by atoms with Crippen molar-refractivity contribution in [2.75, 3.05) is 28.6 Å². The number of rotatable bonds is 4. The van der Waals surface area contributed by atoms with E-state index in [4.69, 9.17) is 0 Å². The molecule has 160 valence electrons. The maximum atomic E-state index is 12.4. The van der Waals surface area contributed by atoms with E-state index in [0.717, 1.165) is 41.4 Å². The zero-order chi connectivity index (χ0) is 21.6. The highest BCUT2D eigenvalue weighted by molar-refractivity contribution is 6.00. The fraction of sp³-hybridized carbons (Fsp3) is 0.320. The van der Waals surface area contributed by atoms with E-state index in [-0.39, 0.29) is 6.03 Å². The fourth-order valence-corrected chi connectivity index (χ4v) is 3.82. The van der Waals surface area contributed by atoms with Gasteiger partial charge in [0.2, 0.25) is 0 Å². The second-order valence-corrected chi connectivity index (χ2v) is 8.14. The van der Waals surface area contributed by atoms with Crippen molar-refractivity contribution in [3.63, 3.8) is 0 Å². The third kappa shape index (κ3) is 5.40. The standard InChI is InChI=1S/C25H29N5O/c1-18-10-11-22(16-19(18)2)27-25(31)26-21-9-7-8-20(17-21)23-12-13-24(29-28-23)30-14-5-3-4-6-15-30/h7-13,16-17H,3-6,14-15H2,1-2H3,(H2,26,27,31). The first-order valence-electron chi connectivity index (χ1n) is 10.9. The van der Waals surface area contributed by atoms with Crippen molar-refractivity contribution in [3.05, 3.63) is 65.7 Å². The van der Waals surface area contributed by atoms with Crippen molar-refractivity contribution in [2.24, 2.45) is 0 Å². The van der Waals surface area contributed by atoms with Crippen LogP contribution in [-0.2, 0) is 0 Å². The Hall–Kier alpha value is -3.41. The molecule has 3 aromatic rings. The predicted molar refractivity (Wildman–Crippen MR) is 127 cm³/mol. The summed E-state index contributed by atoms with van der Waals surface area (Å²) < 4.78 is 0. The molecular formula is C25H29N5O. The number of amides is 2. The number of nitrogens with zero attached hydrogens (tertiary/aromatic N) is 3. The van der Waals surface area contributed by atoms with Gasteiger partial charge in [0.1, 0.15) is 0 Å². The molecule has 2 N–H and O–H groups in total. The van der Waals surface area contributed by atoms with Gasteiger partial charge in [0.15, 0.2) is 5.82 Å². The van der Waals surface area contributed by atoms with E-state index in [1.807, 2.05) is 68.4 Å². The number of aryl methyl sites for hydroxylation is 2. The number of urea groups is 1. The topological polar surface area (TPSA) is 70.2 Å². The zero-order valence-electron chi connectivity index (χ0n) is 18.2. The number of nitrogens with one attached hydrogen (secondary N) is 2. The van der Waals surface area contributed by atoms with Gasteiger partial charge in [-0.25, -0.2) is 4.79 Å². The van der Waals surface area contributed by atoms with Crippen molar-refractivity contribution in [3.8, 4) is 11.3 Å². The van der Waals surface area contributed by atoms with Crippen LogP contribution in [0.25, 0.3) is 11.3 Å². The normalized spacial score (nSPS) is 14.1. The predicted octanol–water partition coefficient (Wildman–Crippen LogP) is 5.78. The van der Waals surface area contributed by atoms with Crippen molar-refractivity contribution >= 4 is 23.2 Å². The number of anilines is 3. The van der Waals surface area contributed by atoms with Gasteiger partial charge >= 0.3 is 6.03 Å². The van der Waals surface area contributed by atoms with Crippen molar-refractivity contribution in [2.45, 2.75) is 39.5 Å². The molecule has 2 amide bonds. The molecule has 6 heteroatoms. The molecule has 31 heavy (non-hydrogen) atoms. The number of carbonyl (C=O) groups excluding carboxylic acids is 1. The molecule has 0 spiro atoms. The molecule has 1 fully saturated rings. The third-order valence-corrected chi connectivity index (χ3v) is 5.76. The summed E-state index contributed by atoms with van der Waals surface area (Å²) in [5, 5.41) is 14.7. The lowest BCUT2D eigenvalue weighted by atomic mass is 10.1. The minimum Gasteiger partial charge on any atom is -0.355 e. The highest BCUT2D eigenvalue weighted by Gasteiger charge is 2.12. The van der Waals surface area contributed by atoms with E-state index < -0.39 is 0 Å². The van der Waals surface area contributed by atoms with Gasteiger partial charge in [0.05, 0.1) is 5.69 Å². The monoisotopic (exact) mass is 415 g/mol. The van der Waals surface area contributed by atoms with E-state index in [2.05, 4.69) is 25.7 Å². The lowest BCUT2D eigenvalue weighted by Crippen LogP contribution is -2.25. The van der Waals surface area contributed by atoms with Crippen LogP contribution >= 0.6 is 0 Å². The lowest BCUT2D eigenvalue weighted by molar-refractivity contribution is 0.262. The second-order valence-electron chi connectivity index (χ2n) is 8.14. The summed E-state index contributed by atoms with van der Waals surface area (Å²) in [7, 11) is 0. The molecule has 0 radical (unpaired) electrons. The van der Waals surface area contributed by atoms with E-state index in [1.165, 1.54) is 31.2 Å². The summed E-state index contributed by atoms with van der Waals surface area (Å²) in [6.45, 7) is 6.17. The van der Waals surface area contributed by atoms with E-state index in [1.54, 1.807) is 0 Å². The van der Waals surface area contributed by atoms with Gasteiger partial charge in [-0.3, -0.25) is 0 Å². The molecule has 6 nitrogen and oxygen atoms in total. The average Bonchev–Trinajstić information content (AvgIpc) is 3.06. The molecule has 1 aliphatic heterocycles. The van der Waals surface area contributed by atoms with Crippen molar-refractivity contribution < 1.29 is 4.79 Å². The van der Waals surface area contributed by atoms with E-state index >= 15 is 0 Å². The van der Waals surface area contributed by atoms with Crippen LogP contribution in [0.3, 0.4) is 0 Å². The maximum absolute atomic E-state index is 12.4. The fourth-order valence-electron chi connectivity index (χ4n) is 3.82. The van der Waals surface area contributed by atoms with Gasteiger partial charge in [0, 0.05) is 30.0 Å². The van der Waals surface area contributed by atoms with Crippen molar-refractivity contribution in [1.82, 2.24) is 10.2 Å². The van der Waals surface area contributed by atoms with Crippen LogP contribution in [-0.4, -0.2) is 29.3 Å². The minimum atomic E-state index is -0.275. The van der Waals surface area contributed by atoms with Gasteiger partial charge in [-0.2, -0.15) is 0 Å². The molecule has 0 atom stereocenters. The van der Waals surface area contributed by atoms with Crippen LogP contribution in [0.2, 0.25) is 0 Å². The summed E-state index contributed by atoms with van der Waals surface area (Å²) in [5.74, 6) is 0.938. The van der Waals surface area contributed by atoms with E-state index in [9.17, 15) is 4.79 Å². The van der Waals surface area contributed by atoms with Gasteiger partial charge in [-0.1, -0.05) is 31.0 Å². The number of hydrogen-bond donors (Lipinski definition) is 2. The molecule has 1 aliphatic rings. The van der Waals surface area contributed by atoms with Gasteiger partial charge in [-0.05, 0) is 74.2 Å². The number of benzene rings is 2. The number of hydrogen-bond acceptors (Lipinski definition) is 4. The van der Waals surface area contributed by atoms with E-state index in [0.29, 0.717) is 5.69 Å². The highest BCUT2D eigenvalue weighted by atomic mass is 16.2. The minimum absolute atomic E-state index is 0.275. The molecule has 4 rings (SSSR count). The molecule has 2 aromatic carbocycles. The molecule has 1 saturated heterocycles. The van der Waals surface area contributed by atoms with Crippen LogP contribution in [0.1, 0.15) is 36.8 Å². The van der Waals surface area contributed by atoms with Gasteiger partial charge in [-0.15, -0.1) is 10.2 Å². The molecule has 0 aliphatic carbocycles. The Bertz CT molecular complexity index is 1040. The second kappa shape index (κ2) is 9.60. The molecule has 0 unspecified atom stereocenters. The van der Waals surface area contributed by atoms with Gasteiger partial charge < -0.3 is 15.5 Å². The molecule has 2 heterocycles. The first-order chi connectivity index (χ1) is 15.1. The van der Waals surface area contributed by atoms with Crippen LogP contribution in [0.15, 0.2) is 54.6 Å². The highest BCUT2D eigenvalue weighted by Crippen LogP contribution is 2.23. The maximum Gasteiger partial charge on any atom is 0.323 e.